The zero-order valence-corrected chi connectivity index (χ0v) is 18.8. The van der Waals surface area contributed by atoms with Gasteiger partial charge in [0.25, 0.3) is 0 Å². The molecule has 2 aromatic heterocycles. The number of amides is 1. The molecule has 4 aromatic rings. The summed E-state index contributed by atoms with van der Waals surface area (Å²) in [6.45, 7) is 0.353. The van der Waals surface area contributed by atoms with Crippen LogP contribution < -0.4 is 5.32 Å². The van der Waals surface area contributed by atoms with Gasteiger partial charge in [0.1, 0.15) is 5.82 Å². The third kappa shape index (κ3) is 5.44. The number of nitriles is 1. The van der Waals surface area contributed by atoms with Crippen LogP contribution in [0.25, 0.3) is 15.9 Å². The average molecular weight is 467 g/mol. The number of thioether (sulfide) groups is 2. The highest BCUT2D eigenvalue weighted by Gasteiger charge is 2.17. The Kier molecular flexibility index (Phi) is 7.19. The van der Waals surface area contributed by atoms with Gasteiger partial charge in [0, 0.05) is 12.2 Å². The van der Waals surface area contributed by atoms with Crippen LogP contribution in [-0.4, -0.2) is 38.0 Å². The largest absolute Gasteiger partial charge is 0.354 e. The van der Waals surface area contributed by atoms with E-state index in [1.54, 1.807) is 23.1 Å². The maximum absolute atomic E-state index is 12.0. The predicted octanol–water partition coefficient (Wildman–Crippen LogP) is 4.29. The Bertz CT molecular complexity index is 1180. The van der Waals surface area contributed by atoms with Gasteiger partial charge in [-0.25, -0.2) is 4.98 Å². The lowest BCUT2D eigenvalue weighted by Gasteiger charge is -2.09. The van der Waals surface area contributed by atoms with Crippen molar-refractivity contribution in [3.8, 4) is 11.8 Å². The van der Waals surface area contributed by atoms with E-state index in [1.807, 2.05) is 59.2 Å². The van der Waals surface area contributed by atoms with Gasteiger partial charge < -0.3 is 5.32 Å². The Balaban J connectivity index is 1.50. The van der Waals surface area contributed by atoms with Crippen molar-refractivity contribution in [3.05, 3.63) is 60.4 Å². The number of nitrogens with one attached hydrogen (secondary N) is 1. The fourth-order valence-corrected chi connectivity index (χ4v) is 5.58. The zero-order valence-electron chi connectivity index (χ0n) is 16.4. The van der Waals surface area contributed by atoms with Gasteiger partial charge in [-0.15, -0.1) is 21.5 Å². The molecule has 0 saturated carbocycles. The molecule has 0 saturated heterocycles. The molecule has 1 N–H and O–H groups in total. The predicted molar refractivity (Wildman–Crippen MR) is 125 cm³/mol. The molecule has 0 fully saturated rings. The summed E-state index contributed by atoms with van der Waals surface area (Å²) in [5, 5.41) is 20.7. The van der Waals surface area contributed by atoms with Crippen molar-refractivity contribution in [1.29, 1.82) is 5.26 Å². The van der Waals surface area contributed by atoms with Crippen LogP contribution in [0.15, 0.2) is 64.1 Å². The summed E-state index contributed by atoms with van der Waals surface area (Å²) in [6, 6.07) is 20.0. The molecular weight excluding hydrogens is 448 g/mol. The number of thiazole rings is 1. The molecule has 0 aliphatic rings. The highest BCUT2D eigenvalue weighted by molar-refractivity contribution is 8.00. The first-order valence-corrected chi connectivity index (χ1v) is 12.3. The molecule has 0 aliphatic heterocycles. The molecule has 0 radical (unpaired) electrons. The van der Waals surface area contributed by atoms with Crippen molar-refractivity contribution in [1.82, 2.24) is 25.1 Å². The fraction of sp³-hybridized carbons (Fsp3) is 0.190. The molecular formula is C21H18N6OS3. The first-order chi connectivity index (χ1) is 15.2. The van der Waals surface area contributed by atoms with E-state index < -0.39 is 0 Å². The van der Waals surface area contributed by atoms with E-state index in [2.05, 4.69) is 26.6 Å². The van der Waals surface area contributed by atoms with Gasteiger partial charge in [0.2, 0.25) is 5.91 Å². The van der Waals surface area contributed by atoms with Crippen LogP contribution in [-0.2, 0) is 10.5 Å². The second-order valence-corrected chi connectivity index (χ2v) is 9.55. The average Bonchev–Trinajstić information content (AvgIpc) is 3.40. The molecule has 0 unspecified atom stereocenters. The smallest absolute Gasteiger partial charge is 0.230 e. The van der Waals surface area contributed by atoms with Crippen LogP contribution >= 0.6 is 34.9 Å². The zero-order chi connectivity index (χ0) is 21.5. The van der Waals surface area contributed by atoms with Crippen LogP contribution in [0.3, 0.4) is 0 Å². The summed E-state index contributed by atoms with van der Waals surface area (Å²) in [5.41, 5.74) is 1.94. The number of nitrogens with zero attached hydrogens (tertiary/aromatic N) is 5. The molecule has 1 amide bonds. The molecule has 4 rings (SSSR count). The van der Waals surface area contributed by atoms with Gasteiger partial charge in [-0.1, -0.05) is 53.9 Å². The molecule has 10 heteroatoms. The van der Waals surface area contributed by atoms with E-state index >= 15 is 0 Å². The van der Waals surface area contributed by atoms with E-state index in [1.165, 1.54) is 11.8 Å². The van der Waals surface area contributed by atoms with E-state index in [4.69, 9.17) is 5.26 Å². The quantitative estimate of drug-likeness (QED) is 0.290. The molecule has 0 spiro atoms. The Labute approximate surface area is 191 Å². The summed E-state index contributed by atoms with van der Waals surface area (Å²) >= 11 is 4.61. The second kappa shape index (κ2) is 10.4. The van der Waals surface area contributed by atoms with Gasteiger partial charge in [0.05, 0.1) is 34.2 Å². The Morgan fingerprint density at radius 3 is 2.71 bits per heavy atom. The Morgan fingerprint density at radius 2 is 1.90 bits per heavy atom. The topological polar surface area (TPSA) is 96.5 Å². The minimum Gasteiger partial charge on any atom is -0.354 e. The Hall–Kier alpha value is -2.87. The van der Waals surface area contributed by atoms with Gasteiger partial charge >= 0.3 is 0 Å². The lowest BCUT2D eigenvalue weighted by atomic mass is 10.3. The molecule has 7 nitrogen and oxygen atoms in total. The molecule has 0 aliphatic carbocycles. The van der Waals surface area contributed by atoms with E-state index in [0.717, 1.165) is 26.1 Å². The molecule has 31 heavy (non-hydrogen) atoms. The van der Waals surface area contributed by atoms with Crippen LogP contribution in [0.1, 0.15) is 12.2 Å². The second-order valence-electron chi connectivity index (χ2n) is 6.35. The maximum Gasteiger partial charge on any atom is 0.230 e. The fourth-order valence-electron chi connectivity index (χ4n) is 2.80. The minimum atomic E-state index is -0.131. The third-order valence-electron chi connectivity index (χ3n) is 4.21. The lowest BCUT2D eigenvalue weighted by molar-refractivity contribution is -0.118. The highest BCUT2D eigenvalue weighted by Crippen LogP contribution is 2.32. The molecule has 156 valence electrons. The summed E-state index contributed by atoms with van der Waals surface area (Å²) in [6.07, 6.45) is 0.295. The van der Waals surface area contributed by atoms with Crippen LogP contribution in [0.5, 0.6) is 0 Å². The normalized spacial score (nSPS) is 10.8. The van der Waals surface area contributed by atoms with E-state index in [0.29, 0.717) is 23.9 Å². The van der Waals surface area contributed by atoms with Gasteiger partial charge in [-0.2, -0.15) is 5.26 Å². The van der Waals surface area contributed by atoms with Crippen LogP contribution in [0.2, 0.25) is 0 Å². The van der Waals surface area contributed by atoms with Crippen LogP contribution in [0.4, 0.5) is 0 Å². The van der Waals surface area contributed by atoms with Crippen molar-refractivity contribution >= 4 is 51.0 Å². The monoisotopic (exact) mass is 466 g/mol. The maximum atomic E-state index is 12.0. The van der Waals surface area contributed by atoms with Crippen molar-refractivity contribution in [2.45, 2.75) is 21.7 Å². The number of benzene rings is 2. The Morgan fingerprint density at radius 1 is 1.10 bits per heavy atom. The number of para-hydroxylation sites is 2. The molecule has 2 heterocycles. The number of hydrogen-bond acceptors (Lipinski definition) is 8. The van der Waals surface area contributed by atoms with Gasteiger partial charge in [0.15, 0.2) is 9.50 Å². The molecule has 0 bridgehead atoms. The van der Waals surface area contributed by atoms with E-state index in [-0.39, 0.29) is 11.7 Å². The van der Waals surface area contributed by atoms with Crippen molar-refractivity contribution < 1.29 is 4.79 Å². The van der Waals surface area contributed by atoms with E-state index in [9.17, 15) is 4.79 Å². The number of carbonyl (C=O) groups is 1. The summed E-state index contributed by atoms with van der Waals surface area (Å²) in [7, 11) is 0. The molecule has 0 atom stereocenters. The highest BCUT2D eigenvalue weighted by atomic mass is 32.2. The number of rotatable bonds is 9. The van der Waals surface area contributed by atoms with Crippen LogP contribution in [0, 0.1) is 11.3 Å². The lowest BCUT2D eigenvalue weighted by Crippen LogP contribution is -2.26. The van der Waals surface area contributed by atoms with Crippen molar-refractivity contribution in [3.63, 3.8) is 0 Å². The minimum absolute atomic E-state index is 0.131. The standard InChI is InChI=1S/C21H18N6OS3/c22-11-6-12-23-19(28)14-29-20-26-25-18(27(20)15-7-2-1-3-8-15)13-30-21-24-16-9-4-5-10-17(16)31-21/h1-5,7-10H,6,12-14H2,(H,23,28). The third-order valence-corrected chi connectivity index (χ3v) is 7.31. The van der Waals surface area contributed by atoms with Gasteiger partial charge in [-0.05, 0) is 24.3 Å². The summed E-state index contributed by atoms with van der Waals surface area (Å²) in [4.78, 5) is 16.7. The summed E-state index contributed by atoms with van der Waals surface area (Å²) in [5.74, 6) is 1.48. The SMILES string of the molecule is N#CCCNC(=O)CSc1nnc(CSc2nc3ccccc3s2)n1-c1ccccc1. The first-order valence-electron chi connectivity index (χ1n) is 9.49. The van der Waals surface area contributed by atoms with Crippen molar-refractivity contribution in [2.75, 3.05) is 12.3 Å². The number of carbonyl (C=O) groups excluding carboxylic acids is 1. The number of aromatic nitrogens is 4. The number of fused-ring (bicyclic) bond motifs is 1. The van der Waals surface area contributed by atoms with Crippen molar-refractivity contribution in [2.24, 2.45) is 0 Å². The van der Waals surface area contributed by atoms with Gasteiger partial charge in [-0.3, -0.25) is 9.36 Å². The number of hydrogen-bond donors (Lipinski definition) is 1. The first kappa shape index (κ1) is 21.4. The summed E-state index contributed by atoms with van der Waals surface area (Å²) < 4.78 is 4.12. The molecule has 2 aromatic carbocycles.